The molecule has 1 aliphatic rings. The van der Waals surface area contributed by atoms with E-state index in [2.05, 4.69) is 15.1 Å². The first-order valence-electron chi connectivity index (χ1n) is 10.5. The van der Waals surface area contributed by atoms with Gasteiger partial charge in [-0.25, -0.2) is 8.78 Å². The van der Waals surface area contributed by atoms with E-state index in [0.717, 1.165) is 6.92 Å². The van der Waals surface area contributed by atoms with Crippen molar-refractivity contribution in [3.8, 4) is 17.0 Å². The molecular weight excluding hydrogens is 442 g/mol. The molecule has 0 aliphatic carbocycles. The predicted octanol–water partition coefficient (Wildman–Crippen LogP) is 4.41. The minimum atomic E-state index is -3.02. The number of benzene rings is 2. The number of ketones is 1. The Labute approximate surface area is 195 Å². The highest BCUT2D eigenvalue weighted by Crippen LogP contribution is 2.35. The number of carbonyl (C=O) groups is 2. The van der Waals surface area contributed by atoms with Crippen LogP contribution in [0.3, 0.4) is 0 Å². The van der Waals surface area contributed by atoms with Crippen molar-refractivity contribution in [1.29, 1.82) is 0 Å². The molecule has 9 heteroatoms. The van der Waals surface area contributed by atoms with Crippen LogP contribution >= 0.6 is 0 Å². The quantitative estimate of drug-likeness (QED) is 0.484. The Bertz CT molecular complexity index is 1270. The summed E-state index contributed by atoms with van der Waals surface area (Å²) in [5.74, 6) is -4.49. The van der Waals surface area contributed by atoms with Crippen LogP contribution in [-0.4, -0.2) is 34.5 Å². The SMILES string of the molecule is COc1ccc(N2N=C(C)C(C(=O)Cc3cccc(C(C)(F)F)c3)C2=O)cc1-c1cnccn1. The molecule has 1 atom stereocenters. The van der Waals surface area contributed by atoms with E-state index in [0.29, 0.717) is 34.0 Å². The van der Waals surface area contributed by atoms with E-state index < -0.39 is 23.5 Å². The highest BCUT2D eigenvalue weighted by molar-refractivity contribution is 6.27. The average molecular weight is 464 g/mol. The summed E-state index contributed by atoms with van der Waals surface area (Å²) in [5.41, 5.74) is 2.17. The zero-order valence-corrected chi connectivity index (χ0v) is 18.8. The molecule has 1 amide bonds. The smallest absolute Gasteiger partial charge is 0.270 e. The van der Waals surface area contributed by atoms with Gasteiger partial charge in [-0.15, -0.1) is 0 Å². The number of rotatable bonds is 7. The molecule has 0 bridgehead atoms. The van der Waals surface area contributed by atoms with E-state index in [1.807, 2.05) is 0 Å². The number of aromatic nitrogens is 2. The third-order valence-electron chi connectivity index (χ3n) is 5.53. The van der Waals surface area contributed by atoms with Crippen LogP contribution < -0.4 is 9.75 Å². The number of hydrogen-bond acceptors (Lipinski definition) is 6. The number of anilines is 1. The zero-order chi connectivity index (χ0) is 24.5. The standard InChI is InChI=1S/C25H22F2N4O3/c1-15-23(21(32)12-16-5-4-6-17(11-16)25(2,26)27)24(33)31(30-15)18-7-8-22(34-3)19(13-18)20-14-28-9-10-29-20/h4-11,13-14,23H,12H2,1-3H3. The fraction of sp³-hybridized carbons (Fsp3) is 0.240. The fourth-order valence-corrected chi connectivity index (χ4v) is 3.85. The topological polar surface area (TPSA) is 84.8 Å². The maximum atomic E-state index is 13.7. The Morgan fingerprint density at radius 2 is 1.97 bits per heavy atom. The Morgan fingerprint density at radius 3 is 2.65 bits per heavy atom. The Hall–Kier alpha value is -4.01. The maximum absolute atomic E-state index is 13.7. The zero-order valence-electron chi connectivity index (χ0n) is 18.8. The van der Waals surface area contributed by atoms with E-state index in [9.17, 15) is 18.4 Å². The molecule has 3 aromatic rings. The summed E-state index contributed by atoms with van der Waals surface area (Å²) >= 11 is 0. The lowest BCUT2D eigenvalue weighted by Crippen LogP contribution is -2.33. The van der Waals surface area contributed by atoms with Gasteiger partial charge in [0.2, 0.25) is 0 Å². The van der Waals surface area contributed by atoms with E-state index in [1.165, 1.54) is 30.3 Å². The summed E-state index contributed by atoms with van der Waals surface area (Å²) in [6.45, 7) is 2.40. The Morgan fingerprint density at radius 1 is 1.18 bits per heavy atom. The average Bonchev–Trinajstić information content (AvgIpc) is 3.12. The van der Waals surface area contributed by atoms with Crippen molar-refractivity contribution >= 4 is 23.1 Å². The van der Waals surface area contributed by atoms with Crippen molar-refractivity contribution in [3.63, 3.8) is 0 Å². The van der Waals surface area contributed by atoms with Gasteiger partial charge in [0.1, 0.15) is 11.7 Å². The number of ether oxygens (including phenoxy) is 1. The fourth-order valence-electron chi connectivity index (χ4n) is 3.85. The van der Waals surface area contributed by atoms with Crippen LogP contribution in [0.5, 0.6) is 5.75 Å². The van der Waals surface area contributed by atoms with Gasteiger partial charge in [-0.1, -0.05) is 18.2 Å². The summed E-state index contributed by atoms with van der Waals surface area (Å²) < 4.78 is 32.7. The lowest BCUT2D eigenvalue weighted by atomic mass is 9.93. The largest absolute Gasteiger partial charge is 0.496 e. The lowest BCUT2D eigenvalue weighted by molar-refractivity contribution is -0.128. The van der Waals surface area contributed by atoms with Gasteiger partial charge in [-0.3, -0.25) is 19.6 Å². The van der Waals surface area contributed by atoms with Crippen LogP contribution in [0.2, 0.25) is 0 Å². The van der Waals surface area contributed by atoms with Gasteiger partial charge < -0.3 is 4.74 Å². The number of methoxy groups -OCH3 is 1. The van der Waals surface area contributed by atoms with Crippen molar-refractivity contribution in [2.45, 2.75) is 26.2 Å². The molecule has 0 N–H and O–H groups in total. The second-order valence-corrected chi connectivity index (χ2v) is 8.03. The summed E-state index contributed by atoms with van der Waals surface area (Å²) in [7, 11) is 1.52. The van der Waals surface area contributed by atoms with E-state index in [-0.39, 0.29) is 12.0 Å². The monoisotopic (exact) mass is 464 g/mol. The van der Waals surface area contributed by atoms with Crippen molar-refractivity contribution < 1.29 is 23.1 Å². The first-order valence-corrected chi connectivity index (χ1v) is 10.5. The van der Waals surface area contributed by atoms with Crippen LogP contribution in [0.15, 0.2) is 66.2 Å². The van der Waals surface area contributed by atoms with Gasteiger partial charge in [-0.2, -0.15) is 10.1 Å². The summed E-state index contributed by atoms with van der Waals surface area (Å²) in [6.07, 6.45) is 4.50. The molecule has 174 valence electrons. The van der Waals surface area contributed by atoms with Gasteiger partial charge in [0.05, 0.1) is 30.4 Å². The number of halogens is 2. The molecule has 1 aliphatic heterocycles. The normalized spacial score (nSPS) is 15.9. The highest BCUT2D eigenvalue weighted by atomic mass is 19.3. The molecule has 2 heterocycles. The number of nitrogens with zero attached hydrogens (tertiary/aromatic N) is 4. The van der Waals surface area contributed by atoms with Crippen molar-refractivity contribution in [2.75, 3.05) is 12.1 Å². The first-order chi connectivity index (χ1) is 16.2. The lowest BCUT2D eigenvalue weighted by Gasteiger charge is -2.17. The van der Waals surface area contributed by atoms with Crippen molar-refractivity contribution in [2.24, 2.45) is 11.0 Å². The molecule has 1 unspecified atom stereocenters. The third kappa shape index (κ3) is 4.54. The van der Waals surface area contributed by atoms with Gasteiger partial charge >= 0.3 is 0 Å². The van der Waals surface area contributed by atoms with Gasteiger partial charge in [0, 0.05) is 36.9 Å². The molecule has 0 radical (unpaired) electrons. The second kappa shape index (κ2) is 9.09. The minimum absolute atomic E-state index is 0.158. The molecule has 4 rings (SSSR count). The van der Waals surface area contributed by atoms with E-state index in [4.69, 9.17) is 4.74 Å². The van der Waals surface area contributed by atoms with Crippen LogP contribution in [0.1, 0.15) is 25.0 Å². The molecule has 7 nitrogen and oxygen atoms in total. The molecule has 0 saturated carbocycles. The van der Waals surface area contributed by atoms with Crippen molar-refractivity contribution in [3.05, 3.63) is 72.2 Å². The number of hydrazone groups is 1. The Kier molecular flexibility index (Phi) is 6.19. The number of carbonyl (C=O) groups excluding carboxylic acids is 2. The second-order valence-electron chi connectivity index (χ2n) is 8.03. The molecule has 34 heavy (non-hydrogen) atoms. The third-order valence-corrected chi connectivity index (χ3v) is 5.53. The van der Waals surface area contributed by atoms with Gasteiger partial charge in [0.25, 0.3) is 11.8 Å². The molecule has 1 aromatic heterocycles. The molecule has 0 saturated heterocycles. The molecule has 0 fully saturated rings. The molecule has 0 spiro atoms. The number of alkyl halides is 2. The first kappa shape index (κ1) is 23.2. The summed E-state index contributed by atoms with van der Waals surface area (Å²) in [4.78, 5) is 34.5. The van der Waals surface area contributed by atoms with Gasteiger partial charge in [0.15, 0.2) is 5.78 Å². The predicted molar refractivity (Wildman–Crippen MR) is 123 cm³/mol. The van der Waals surface area contributed by atoms with Crippen LogP contribution in [0.4, 0.5) is 14.5 Å². The van der Waals surface area contributed by atoms with Gasteiger partial charge in [-0.05, 0) is 36.8 Å². The number of hydrogen-bond donors (Lipinski definition) is 0. The minimum Gasteiger partial charge on any atom is -0.496 e. The number of amides is 1. The van der Waals surface area contributed by atoms with E-state index >= 15 is 0 Å². The van der Waals surface area contributed by atoms with Crippen LogP contribution in [-0.2, 0) is 21.9 Å². The van der Waals surface area contributed by atoms with E-state index in [1.54, 1.807) is 49.8 Å². The highest BCUT2D eigenvalue weighted by Gasteiger charge is 2.39. The van der Waals surface area contributed by atoms with Crippen LogP contribution in [0, 0.1) is 5.92 Å². The van der Waals surface area contributed by atoms with Crippen molar-refractivity contribution in [1.82, 2.24) is 9.97 Å². The maximum Gasteiger partial charge on any atom is 0.270 e. The summed E-state index contributed by atoms with van der Waals surface area (Å²) in [6, 6.07) is 10.7. The molecule has 2 aromatic carbocycles. The number of Topliss-reactive ketones (excluding diaryl/α,β-unsaturated/α-hetero) is 1. The van der Waals surface area contributed by atoms with Crippen LogP contribution in [0.25, 0.3) is 11.3 Å². The molecular formula is C25H22F2N4O3. The summed E-state index contributed by atoms with van der Waals surface area (Å²) in [5, 5.41) is 5.49. The Balaban J connectivity index is 1.59.